The lowest BCUT2D eigenvalue weighted by molar-refractivity contribution is 0.447. The Morgan fingerprint density at radius 2 is 2.28 bits per heavy atom. The van der Waals surface area contributed by atoms with Crippen LogP contribution in [0.2, 0.25) is 0 Å². The molecule has 1 aliphatic heterocycles. The lowest BCUT2D eigenvalue weighted by atomic mass is 10.1. The monoisotopic (exact) mass is 294 g/mol. The molecule has 1 unspecified atom stereocenters. The summed E-state index contributed by atoms with van der Waals surface area (Å²) in [7, 11) is -3.40. The summed E-state index contributed by atoms with van der Waals surface area (Å²) >= 11 is 0. The van der Waals surface area contributed by atoms with Gasteiger partial charge in [-0.25, -0.2) is 8.42 Å². The van der Waals surface area contributed by atoms with Crippen LogP contribution in [0.5, 0.6) is 0 Å². The van der Waals surface area contributed by atoms with Crippen LogP contribution in [-0.2, 0) is 16.6 Å². The molecule has 0 saturated carbocycles. The summed E-state index contributed by atoms with van der Waals surface area (Å²) in [6.45, 7) is 4.04. The smallest absolute Gasteiger partial charge is 0.260 e. The average Bonchev–Trinajstić information content (AvgIpc) is 2.97. The molecule has 8 heteroatoms. The van der Waals surface area contributed by atoms with Gasteiger partial charge in [0.25, 0.3) is 10.0 Å². The Morgan fingerprint density at radius 1 is 1.56 bits per heavy atom. The van der Waals surface area contributed by atoms with E-state index in [1.54, 1.807) is 6.07 Å². The van der Waals surface area contributed by atoms with Crippen molar-refractivity contribution in [3.8, 4) is 0 Å². The number of aromatic nitrogens is 2. The van der Waals surface area contributed by atoms with E-state index in [0.717, 1.165) is 6.42 Å². The average molecular weight is 295 g/mol. The molecule has 1 aliphatic rings. The van der Waals surface area contributed by atoms with Crippen molar-refractivity contribution in [2.24, 2.45) is 11.7 Å². The molecule has 0 amide bonds. The van der Waals surface area contributed by atoms with Gasteiger partial charge in [0.15, 0.2) is 5.03 Å². The van der Waals surface area contributed by atoms with E-state index in [2.05, 4.69) is 5.10 Å². The third-order valence-corrected chi connectivity index (χ3v) is 5.05. The highest BCUT2D eigenvalue weighted by Crippen LogP contribution is 2.23. The van der Waals surface area contributed by atoms with Crippen LogP contribution in [0.15, 0.2) is 17.3 Å². The highest BCUT2D eigenvalue weighted by atomic mass is 35.5. The quantitative estimate of drug-likeness (QED) is 0.866. The topological polar surface area (TPSA) is 81.2 Å². The third-order valence-electron chi connectivity index (χ3n) is 3.16. The maximum atomic E-state index is 12.4. The fourth-order valence-corrected chi connectivity index (χ4v) is 3.81. The van der Waals surface area contributed by atoms with Gasteiger partial charge < -0.3 is 5.73 Å². The summed E-state index contributed by atoms with van der Waals surface area (Å²) in [6.07, 6.45) is 2.36. The molecule has 0 aromatic carbocycles. The maximum Gasteiger partial charge on any atom is 0.260 e. The van der Waals surface area contributed by atoms with E-state index in [0.29, 0.717) is 26.2 Å². The minimum Gasteiger partial charge on any atom is -0.330 e. The van der Waals surface area contributed by atoms with E-state index in [4.69, 9.17) is 5.73 Å². The number of nitrogens with zero attached hydrogens (tertiary/aromatic N) is 3. The van der Waals surface area contributed by atoms with Crippen LogP contribution < -0.4 is 5.73 Å². The number of hydrogen-bond acceptors (Lipinski definition) is 4. The fourth-order valence-electron chi connectivity index (χ4n) is 2.12. The molecule has 0 radical (unpaired) electrons. The summed E-state index contributed by atoms with van der Waals surface area (Å²) in [4.78, 5) is 0. The van der Waals surface area contributed by atoms with Crippen molar-refractivity contribution in [3.63, 3.8) is 0 Å². The molecule has 104 valence electrons. The number of rotatable bonds is 4. The Hall–Kier alpha value is -0.630. The van der Waals surface area contributed by atoms with E-state index in [9.17, 15) is 8.42 Å². The van der Waals surface area contributed by atoms with E-state index >= 15 is 0 Å². The van der Waals surface area contributed by atoms with Crippen molar-refractivity contribution >= 4 is 22.4 Å². The third kappa shape index (κ3) is 2.69. The summed E-state index contributed by atoms with van der Waals surface area (Å²) < 4.78 is 27.7. The van der Waals surface area contributed by atoms with Crippen molar-refractivity contribution in [3.05, 3.63) is 12.3 Å². The number of nitrogens with two attached hydrogens (primary N) is 1. The number of hydrogen-bond donors (Lipinski definition) is 1. The molecule has 1 aromatic rings. The molecular formula is C10H19ClN4O2S. The zero-order valence-electron chi connectivity index (χ0n) is 10.3. The summed E-state index contributed by atoms with van der Waals surface area (Å²) in [5, 5.41) is 4.27. The van der Waals surface area contributed by atoms with E-state index in [1.807, 2.05) is 6.92 Å². The SMILES string of the molecule is CCn1nccc1S(=O)(=O)N1CCC(CN)C1.Cl. The van der Waals surface area contributed by atoms with Crippen molar-refractivity contribution < 1.29 is 8.42 Å². The van der Waals surface area contributed by atoms with E-state index < -0.39 is 10.0 Å². The Labute approximate surface area is 114 Å². The van der Waals surface area contributed by atoms with Gasteiger partial charge in [0, 0.05) is 19.6 Å². The molecule has 0 bridgehead atoms. The van der Waals surface area contributed by atoms with Gasteiger partial charge in [-0.15, -0.1) is 12.4 Å². The first kappa shape index (κ1) is 15.4. The predicted octanol–water partition coefficient (Wildman–Crippen LogP) is 0.294. The summed E-state index contributed by atoms with van der Waals surface area (Å²) in [6, 6.07) is 1.55. The Balaban J connectivity index is 0.00000162. The van der Waals surface area contributed by atoms with Crippen LogP contribution in [-0.4, -0.2) is 42.1 Å². The second-order valence-corrected chi connectivity index (χ2v) is 6.12. The van der Waals surface area contributed by atoms with Crippen LogP contribution in [0.4, 0.5) is 0 Å². The van der Waals surface area contributed by atoms with Crippen LogP contribution in [0, 0.1) is 5.92 Å². The predicted molar refractivity (Wildman–Crippen MR) is 71.1 cm³/mol. The van der Waals surface area contributed by atoms with Gasteiger partial charge in [0.05, 0.1) is 6.20 Å². The van der Waals surface area contributed by atoms with Gasteiger partial charge in [-0.2, -0.15) is 9.40 Å². The Kier molecular flexibility index (Phi) is 5.15. The van der Waals surface area contributed by atoms with Crippen molar-refractivity contribution in [1.29, 1.82) is 0 Å². The highest BCUT2D eigenvalue weighted by Gasteiger charge is 2.33. The van der Waals surface area contributed by atoms with Gasteiger partial charge in [-0.1, -0.05) is 0 Å². The largest absolute Gasteiger partial charge is 0.330 e. The summed E-state index contributed by atoms with van der Waals surface area (Å²) in [5.74, 6) is 0.280. The molecule has 1 aromatic heterocycles. The molecule has 2 rings (SSSR count). The van der Waals surface area contributed by atoms with Crippen LogP contribution in [0.3, 0.4) is 0 Å². The summed E-state index contributed by atoms with van der Waals surface area (Å²) in [5.41, 5.74) is 5.58. The molecule has 18 heavy (non-hydrogen) atoms. The molecule has 1 atom stereocenters. The lowest BCUT2D eigenvalue weighted by Crippen LogP contribution is -2.31. The normalized spacial score (nSPS) is 20.9. The van der Waals surface area contributed by atoms with E-state index in [-0.39, 0.29) is 23.4 Å². The first-order valence-electron chi connectivity index (χ1n) is 5.81. The first-order chi connectivity index (χ1) is 8.09. The molecule has 0 spiro atoms. The second kappa shape index (κ2) is 6.01. The highest BCUT2D eigenvalue weighted by molar-refractivity contribution is 7.89. The second-order valence-electron chi connectivity index (χ2n) is 4.24. The van der Waals surface area contributed by atoms with Gasteiger partial charge in [-0.05, 0) is 31.9 Å². The van der Waals surface area contributed by atoms with E-state index in [1.165, 1.54) is 15.2 Å². The Morgan fingerprint density at radius 3 is 2.83 bits per heavy atom. The van der Waals surface area contributed by atoms with Gasteiger partial charge >= 0.3 is 0 Å². The molecule has 2 heterocycles. The number of sulfonamides is 1. The van der Waals surface area contributed by atoms with Crippen molar-refractivity contribution in [1.82, 2.24) is 14.1 Å². The van der Waals surface area contributed by atoms with Crippen molar-refractivity contribution in [2.75, 3.05) is 19.6 Å². The van der Waals surface area contributed by atoms with Gasteiger partial charge in [0.2, 0.25) is 0 Å². The van der Waals surface area contributed by atoms with Crippen LogP contribution in [0.25, 0.3) is 0 Å². The number of halogens is 1. The zero-order valence-corrected chi connectivity index (χ0v) is 12.0. The number of aryl methyl sites for hydroxylation is 1. The first-order valence-corrected chi connectivity index (χ1v) is 7.25. The lowest BCUT2D eigenvalue weighted by Gasteiger charge is -2.16. The van der Waals surface area contributed by atoms with Gasteiger partial charge in [0.1, 0.15) is 0 Å². The molecule has 6 nitrogen and oxygen atoms in total. The minimum atomic E-state index is -3.40. The molecule has 2 N–H and O–H groups in total. The molecular weight excluding hydrogens is 276 g/mol. The molecule has 1 fully saturated rings. The Bertz CT molecular complexity index is 488. The minimum absolute atomic E-state index is 0. The maximum absolute atomic E-state index is 12.4. The van der Waals surface area contributed by atoms with Crippen molar-refractivity contribution in [2.45, 2.75) is 24.9 Å². The van der Waals surface area contributed by atoms with Gasteiger partial charge in [-0.3, -0.25) is 4.68 Å². The molecule has 0 aliphatic carbocycles. The standard InChI is InChI=1S/C10H18N4O2S.ClH/c1-2-14-10(3-5-12-14)17(15,16)13-6-4-9(7-11)8-13;/h3,5,9H,2,4,6-8,11H2,1H3;1H. The fraction of sp³-hybridized carbons (Fsp3) is 0.700. The molecule has 1 saturated heterocycles. The van der Waals surface area contributed by atoms with Crippen LogP contribution >= 0.6 is 12.4 Å². The van der Waals surface area contributed by atoms with Crippen LogP contribution in [0.1, 0.15) is 13.3 Å². The zero-order chi connectivity index (χ0) is 12.5.